The van der Waals surface area contributed by atoms with Crippen LogP contribution in [-0.4, -0.2) is 48.4 Å². The first kappa shape index (κ1) is 16.6. The Labute approximate surface area is 130 Å². The molecule has 1 aliphatic heterocycles. The van der Waals surface area contributed by atoms with Crippen LogP contribution in [0.25, 0.3) is 0 Å². The lowest BCUT2D eigenvalue weighted by Gasteiger charge is -2.33. The molecule has 6 heteroatoms. The van der Waals surface area contributed by atoms with Crippen LogP contribution >= 0.6 is 0 Å². The third-order valence-corrected chi connectivity index (χ3v) is 3.97. The normalized spacial score (nSPS) is 17.9. The zero-order chi connectivity index (χ0) is 16.1. The second kappa shape index (κ2) is 7.47. The Morgan fingerprint density at radius 3 is 2.59 bits per heavy atom. The zero-order valence-corrected chi connectivity index (χ0v) is 13.0. The van der Waals surface area contributed by atoms with Crippen LogP contribution in [-0.2, 0) is 11.3 Å². The van der Waals surface area contributed by atoms with Gasteiger partial charge in [-0.3, -0.25) is 9.69 Å². The number of unbranched alkanes of at least 4 members (excludes halogenated alkanes) is 1. The van der Waals surface area contributed by atoms with Gasteiger partial charge in [0.05, 0.1) is 20.3 Å². The van der Waals surface area contributed by atoms with Crippen LogP contribution in [0.5, 0.6) is 11.5 Å². The molecule has 0 amide bonds. The molecule has 0 aromatic heterocycles. The SMILES string of the molecule is COc1ccc(OC)c2c1CN(CCCCC(=O)O)CC2O. The van der Waals surface area contributed by atoms with Gasteiger partial charge in [0.2, 0.25) is 0 Å². The summed E-state index contributed by atoms with van der Waals surface area (Å²) in [5.41, 5.74) is 1.74. The van der Waals surface area contributed by atoms with Gasteiger partial charge >= 0.3 is 5.97 Å². The molecule has 0 bridgehead atoms. The van der Waals surface area contributed by atoms with E-state index in [0.29, 0.717) is 25.3 Å². The number of β-amino-alcohol motifs (C(OH)–C–C–N with tert-alkyl or cyclic N) is 1. The molecule has 1 heterocycles. The largest absolute Gasteiger partial charge is 0.496 e. The summed E-state index contributed by atoms with van der Waals surface area (Å²) in [7, 11) is 3.20. The van der Waals surface area contributed by atoms with Gasteiger partial charge in [0.15, 0.2) is 0 Å². The van der Waals surface area contributed by atoms with E-state index < -0.39 is 12.1 Å². The maximum Gasteiger partial charge on any atom is 0.303 e. The van der Waals surface area contributed by atoms with E-state index in [2.05, 4.69) is 4.90 Å². The van der Waals surface area contributed by atoms with Crippen molar-refractivity contribution in [2.24, 2.45) is 0 Å². The molecule has 122 valence electrons. The number of methoxy groups -OCH3 is 2. The van der Waals surface area contributed by atoms with Crippen LogP contribution in [0.4, 0.5) is 0 Å². The molecule has 1 atom stereocenters. The molecule has 6 nitrogen and oxygen atoms in total. The number of carbonyl (C=O) groups is 1. The van der Waals surface area contributed by atoms with Crippen molar-refractivity contribution in [1.82, 2.24) is 4.90 Å². The summed E-state index contributed by atoms with van der Waals surface area (Å²) >= 11 is 0. The van der Waals surface area contributed by atoms with Crippen molar-refractivity contribution < 1.29 is 24.5 Å². The third-order valence-electron chi connectivity index (χ3n) is 3.97. The molecule has 0 aliphatic carbocycles. The Bertz CT molecular complexity index is 532. The van der Waals surface area contributed by atoms with Gasteiger partial charge in [-0.15, -0.1) is 0 Å². The van der Waals surface area contributed by atoms with E-state index >= 15 is 0 Å². The average molecular weight is 309 g/mol. The first-order valence-corrected chi connectivity index (χ1v) is 7.42. The van der Waals surface area contributed by atoms with E-state index in [0.717, 1.165) is 29.8 Å². The standard InChI is InChI=1S/C16H23NO5/c1-21-13-6-7-14(22-2)16-11(13)9-17(10-12(16)18)8-4-3-5-15(19)20/h6-7,12,18H,3-5,8-10H2,1-2H3,(H,19,20). The monoisotopic (exact) mass is 309 g/mol. The van der Waals surface area contributed by atoms with Gasteiger partial charge in [0.25, 0.3) is 0 Å². The van der Waals surface area contributed by atoms with Crippen molar-refractivity contribution in [2.45, 2.75) is 31.9 Å². The van der Waals surface area contributed by atoms with Crippen molar-refractivity contribution >= 4 is 5.97 Å². The predicted molar refractivity (Wildman–Crippen MR) is 81.3 cm³/mol. The van der Waals surface area contributed by atoms with Crippen LogP contribution in [0.15, 0.2) is 12.1 Å². The molecule has 0 saturated heterocycles. The van der Waals surface area contributed by atoms with Gasteiger partial charge in [-0.05, 0) is 31.5 Å². The number of hydrogen-bond donors (Lipinski definition) is 2. The second-order valence-corrected chi connectivity index (χ2v) is 5.46. The fourth-order valence-electron chi connectivity index (χ4n) is 2.93. The molecule has 2 N–H and O–H groups in total. The van der Waals surface area contributed by atoms with Crippen molar-refractivity contribution in [3.8, 4) is 11.5 Å². The second-order valence-electron chi connectivity index (χ2n) is 5.46. The number of aliphatic carboxylic acids is 1. The van der Waals surface area contributed by atoms with E-state index in [1.807, 2.05) is 12.1 Å². The first-order chi connectivity index (χ1) is 10.6. The van der Waals surface area contributed by atoms with E-state index in [1.165, 1.54) is 0 Å². The Morgan fingerprint density at radius 2 is 1.95 bits per heavy atom. The Balaban J connectivity index is 2.09. The van der Waals surface area contributed by atoms with Crippen LogP contribution < -0.4 is 9.47 Å². The zero-order valence-electron chi connectivity index (χ0n) is 13.0. The van der Waals surface area contributed by atoms with E-state index in [-0.39, 0.29) is 6.42 Å². The summed E-state index contributed by atoms with van der Waals surface area (Å²) in [6, 6.07) is 3.65. The number of nitrogens with zero attached hydrogens (tertiary/aromatic N) is 1. The molecule has 0 spiro atoms. The highest BCUT2D eigenvalue weighted by molar-refractivity contribution is 5.66. The fraction of sp³-hybridized carbons (Fsp3) is 0.562. The average Bonchev–Trinajstić information content (AvgIpc) is 2.50. The lowest BCUT2D eigenvalue weighted by Crippen LogP contribution is -2.35. The van der Waals surface area contributed by atoms with Crippen LogP contribution in [0, 0.1) is 0 Å². The smallest absolute Gasteiger partial charge is 0.303 e. The molecule has 0 saturated carbocycles. The van der Waals surface area contributed by atoms with Gasteiger partial charge < -0.3 is 19.7 Å². The fourth-order valence-corrected chi connectivity index (χ4v) is 2.93. The molecule has 2 rings (SSSR count). The topological polar surface area (TPSA) is 79.2 Å². The van der Waals surface area contributed by atoms with Crippen LogP contribution in [0.3, 0.4) is 0 Å². The predicted octanol–water partition coefficient (Wildman–Crippen LogP) is 1.81. The summed E-state index contributed by atoms with van der Waals surface area (Å²) in [6.45, 7) is 1.94. The number of aliphatic hydroxyl groups is 1. The molecule has 1 aromatic carbocycles. The number of carboxylic acids is 1. The summed E-state index contributed by atoms with van der Waals surface area (Å²) in [6.07, 6.45) is 0.989. The molecule has 22 heavy (non-hydrogen) atoms. The molecule has 1 aromatic rings. The van der Waals surface area contributed by atoms with Crippen LogP contribution in [0.1, 0.15) is 36.5 Å². The van der Waals surface area contributed by atoms with Crippen molar-refractivity contribution in [2.75, 3.05) is 27.3 Å². The van der Waals surface area contributed by atoms with Gasteiger partial charge in [-0.1, -0.05) is 0 Å². The highest BCUT2D eigenvalue weighted by Gasteiger charge is 2.29. The number of carboxylic acid groups (broad SMARTS) is 1. The summed E-state index contributed by atoms with van der Waals surface area (Å²) < 4.78 is 10.7. The minimum Gasteiger partial charge on any atom is -0.496 e. The molecule has 1 unspecified atom stereocenters. The number of aliphatic hydroxyl groups excluding tert-OH is 1. The van der Waals surface area contributed by atoms with Crippen molar-refractivity contribution in [3.63, 3.8) is 0 Å². The molecular weight excluding hydrogens is 286 g/mol. The molecule has 0 radical (unpaired) electrons. The Hall–Kier alpha value is -1.79. The maximum atomic E-state index is 10.5. The first-order valence-electron chi connectivity index (χ1n) is 7.42. The summed E-state index contributed by atoms with van der Waals surface area (Å²) in [5, 5.41) is 19.1. The Morgan fingerprint density at radius 1 is 1.27 bits per heavy atom. The highest BCUT2D eigenvalue weighted by atomic mass is 16.5. The van der Waals surface area contributed by atoms with Gasteiger partial charge in [-0.25, -0.2) is 0 Å². The lowest BCUT2D eigenvalue weighted by atomic mass is 9.95. The summed E-state index contributed by atoms with van der Waals surface area (Å²) in [4.78, 5) is 12.7. The van der Waals surface area contributed by atoms with Gasteiger partial charge in [0, 0.05) is 30.6 Å². The van der Waals surface area contributed by atoms with E-state index in [9.17, 15) is 9.90 Å². The number of fused-ring (bicyclic) bond motifs is 1. The van der Waals surface area contributed by atoms with E-state index in [1.54, 1.807) is 14.2 Å². The quantitative estimate of drug-likeness (QED) is 0.748. The van der Waals surface area contributed by atoms with Gasteiger partial charge in [-0.2, -0.15) is 0 Å². The van der Waals surface area contributed by atoms with E-state index in [4.69, 9.17) is 14.6 Å². The Kier molecular flexibility index (Phi) is 5.63. The van der Waals surface area contributed by atoms with Crippen LogP contribution in [0.2, 0.25) is 0 Å². The maximum absolute atomic E-state index is 10.5. The number of rotatable bonds is 7. The van der Waals surface area contributed by atoms with Gasteiger partial charge in [0.1, 0.15) is 11.5 Å². The van der Waals surface area contributed by atoms with Crippen molar-refractivity contribution in [3.05, 3.63) is 23.3 Å². The minimum atomic E-state index is -0.768. The highest BCUT2D eigenvalue weighted by Crippen LogP contribution is 2.39. The van der Waals surface area contributed by atoms with Crippen molar-refractivity contribution in [1.29, 1.82) is 0 Å². The lowest BCUT2D eigenvalue weighted by molar-refractivity contribution is -0.137. The molecule has 1 aliphatic rings. The number of hydrogen-bond acceptors (Lipinski definition) is 5. The summed E-state index contributed by atoms with van der Waals surface area (Å²) in [5.74, 6) is 0.648. The third kappa shape index (κ3) is 3.69. The number of benzene rings is 1. The molecular formula is C16H23NO5. The number of ether oxygens (including phenoxy) is 2. The minimum absolute atomic E-state index is 0.185. The molecule has 0 fully saturated rings.